The molecule has 7 heteroatoms. The van der Waals surface area contributed by atoms with Gasteiger partial charge in [-0.15, -0.1) is 0 Å². The maximum Gasteiger partial charge on any atom is 0.321 e. The molecule has 0 radical (unpaired) electrons. The fraction of sp³-hybridized carbons (Fsp3) is 0.526. The van der Waals surface area contributed by atoms with Crippen LogP contribution in [0.2, 0.25) is 0 Å². The first kappa shape index (κ1) is 19.9. The van der Waals surface area contributed by atoms with Crippen LogP contribution in [0.4, 0.5) is 4.79 Å². The Hall–Kier alpha value is -2.41. The van der Waals surface area contributed by atoms with Crippen LogP contribution in [0.15, 0.2) is 24.3 Å². The molecule has 0 bridgehead atoms. The third-order valence-electron chi connectivity index (χ3n) is 4.06. The van der Waals surface area contributed by atoms with Crippen molar-refractivity contribution >= 4 is 17.8 Å². The minimum Gasteiger partial charge on any atom is -0.349 e. The molecule has 0 saturated heterocycles. The Kier molecular flexibility index (Phi) is 7.59. The highest BCUT2D eigenvalue weighted by atomic mass is 16.2. The molecular weight excluding hydrogens is 332 g/mol. The lowest BCUT2D eigenvalue weighted by Crippen LogP contribution is -2.43. The van der Waals surface area contributed by atoms with E-state index in [4.69, 9.17) is 0 Å². The highest BCUT2D eigenvalue weighted by molar-refractivity contribution is 5.95. The summed E-state index contributed by atoms with van der Waals surface area (Å²) < 4.78 is 0. The van der Waals surface area contributed by atoms with Gasteiger partial charge in [0.25, 0.3) is 5.91 Å². The Labute approximate surface area is 154 Å². The molecule has 1 saturated carbocycles. The summed E-state index contributed by atoms with van der Waals surface area (Å²) in [5.41, 5.74) is 1.64. The van der Waals surface area contributed by atoms with E-state index < -0.39 is 6.03 Å². The maximum atomic E-state index is 12.0. The van der Waals surface area contributed by atoms with E-state index >= 15 is 0 Å². The molecule has 1 fully saturated rings. The van der Waals surface area contributed by atoms with Crippen molar-refractivity contribution in [3.05, 3.63) is 35.4 Å². The van der Waals surface area contributed by atoms with Crippen LogP contribution in [0.1, 0.15) is 48.5 Å². The van der Waals surface area contributed by atoms with Crippen LogP contribution >= 0.6 is 0 Å². The average Bonchev–Trinajstić information content (AvgIpc) is 3.39. The first-order chi connectivity index (χ1) is 12.5. The lowest BCUT2D eigenvalue weighted by molar-refractivity contribution is -0.120. The van der Waals surface area contributed by atoms with Crippen molar-refractivity contribution in [2.45, 2.75) is 45.2 Å². The Morgan fingerprint density at radius 1 is 1.15 bits per heavy atom. The number of nitrogens with one attached hydrogen (secondary N) is 3. The Bertz CT molecular complexity index is 626. The number of amides is 4. The van der Waals surface area contributed by atoms with E-state index in [0.717, 1.165) is 31.2 Å². The monoisotopic (exact) mass is 360 g/mol. The molecule has 1 aromatic rings. The van der Waals surface area contributed by atoms with Crippen molar-refractivity contribution in [3.8, 4) is 0 Å². The minimum atomic E-state index is -0.456. The molecule has 0 aromatic heterocycles. The molecule has 0 heterocycles. The third kappa shape index (κ3) is 7.23. The molecule has 0 aliphatic heterocycles. The predicted molar refractivity (Wildman–Crippen MR) is 99.7 cm³/mol. The number of nitrogens with zero attached hydrogens (tertiary/aromatic N) is 1. The minimum absolute atomic E-state index is 0.0409. The van der Waals surface area contributed by atoms with Gasteiger partial charge in [0.2, 0.25) is 5.91 Å². The summed E-state index contributed by atoms with van der Waals surface area (Å²) in [5, 5.41) is 7.92. The largest absolute Gasteiger partial charge is 0.349 e. The Morgan fingerprint density at radius 2 is 1.85 bits per heavy atom. The number of rotatable bonds is 9. The Balaban J connectivity index is 1.72. The molecule has 3 N–H and O–H groups in total. The van der Waals surface area contributed by atoms with Crippen molar-refractivity contribution in [2.75, 3.05) is 20.1 Å². The van der Waals surface area contributed by atoms with Gasteiger partial charge in [-0.25, -0.2) is 4.79 Å². The zero-order chi connectivity index (χ0) is 18.9. The average molecular weight is 360 g/mol. The molecule has 4 amide bonds. The zero-order valence-electron chi connectivity index (χ0n) is 15.5. The summed E-state index contributed by atoms with van der Waals surface area (Å²) in [5.74, 6) is -0.386. The second kappa shape index (κ2) is 9.91. The summed E-state index contributed by atoms with van der Waals surface area (Å²) >= 11 is 0. The summed E-state index contributed by atoms with van der Waals surface area (Å²) in [6.07, 6.45) is 3.99. The van der Waals surface area contributed by atoms with E-state index in [0.29, 0.717) is 24.7 Å². The van der Waals surface area contributed by atoms with Gasteiger partial charge in [0, 0.05) is 24.7 Å². The normalized spacial score (nSPS) is 13.3. The summed E-state index contributed by atoms with van der Waals surface area (Å²) in [7, 11) is 1.81. The number of unbranched alkanes of at least 4 members (excludes halogenated alkanes) is 1. The summed E-state index contributed by atoms with van der Waals surface area (Å²) in [4.78, 5) is 37.2. The van der Waals surface area contributed by atoms with E-state index in [1.165, 1.54) is 0 Å². The van der Waals surface area contributed by atoms with Crippen molar-refractivity contribution in [3.63, 3.8) is 0 Å². The summed E-state index contributed by atoms with van der Waals surface area (Å²) in [6, 6.07) is 7.24. The standard InChI is InChI=1S/C19H28N4O3/c1-3-4-11-20-19(26)22-17(24)13-23(2)12-14-5-7-15(8-6-14)18(25)21-16-9-10-16/h5-8,16H,3-4,9-13H2,1-2H3,(H,21,25)(H2,20,22,24,26). The molecule has 0 unspecified atom stereocenters. The van der Waals surface area contributed by atoms with Crippen LogP contribution in [-0.4, -0.2) is 48.9 Å². The van der Waals surface area contributed by atoms with Gasteiger partial charge in [-0.3, -0.25) is 19.8 Å². The number of carbonyl (C=O) groups excluding carboxylic acids is 3. The maximum absolute atomic E-state index is 12.0. The van der Waals surface area contributed by atoms with Gasteiger partial charge in [0.05, 0.1) is 6.54 Å². The number of likely N-dealkylation sites (N-methyl/N-ethyl adjacent to an activating group) is 1. The van der Waals surface area contributed by atoms with Crippen molar-refractivity contribution in [2.24, 2.45) is 0 Å². The molecule has 26 heavy (non-hydrogen) atoms. The number of urea groups is 1. The molecule has 142 valence electrons. The smallest absolute Gasteiger partial charge is 0.321 e. The van der Waals surface area contributed by atoms with E-state index in [2.05, 4.69) is 16.0 Å². The molecular formula is C19H28N4O3. The molecule has 1 aromatic carbocycles. The number of imide groups is 1. The van der Waals surface area contributed by atoms with Crippen LogP contribution in [0.25, 0.3) is 0 Å². The van der Waals surface area contributed by atoms with E-state index in [1.807, 2.05) is 31.0 Å². The van der Waals surface area contributed by atoms with Crippen LogP contribution in [0, 0.1) is 0 Å². The number of hydrogen-bond donors (Lipinski definition) is 3. The van der Waals surface area contributed by atoms with E-state index in [1.54, 1.807) is 12.1 Å². The second-order valence-electron chi connectivity index (χ2n) is 6.77. The van der Waals surface area contributed by atoms with Gasteiger partial charge in [-0.2, -0.15) is 0 Å². The van der Waals surface area contributed by atoms with Gasteiger partial charge in [0.15, 0.2) is 0 Å². The van der Waals surface area contributed by atoms with Crippen molar-refractivity contribution in [1.29, 1.82) is 0 Å². The molecule has 0 atom stereocenters. The third-order valence-corrected chi connectivity index (χ3v) is 4.06. The van der Waals surface area contributed by atoms with Crippen LogP contribution < -0.4 is 16.0 Å². The lowest BCUT2D eigenvalue weighted by atomic mass is 10.1. The van der Waals surface area contributed by atoms with Crippen molar-refractivity contribution < 1.29 is 14.4 Å². The second-order valence-corrected chi connectivity index (χ2v) is 6.77. The van der Waals surface area contributed by atoms with Gasteiger partial charge in [0.1, 0.15) is 0 Å². The highest BCUT2D eigenvalue weighted by Crippen LogP contribution is 2.19. The molecule has 0 spiro atoms. The van der Waals surface area contributed by atoms with E-state index in [-0.39, 0.29) is 18.4 Å². The van der Waals surface area contributed by atoms with Crippen LogP contribution in [0.3, 0.4) is 0 Å². The molecule has 2 rings (SSSR count). The SMILES string of the molecule is CCCCNC(=O)NC(=O)CN(C)Cc1ccc(C(=O)NC2CC2)cc1. The Morgan fingerprint density at radius 3 is 2.46 bits per heavy atom. The molecule has 1 aliphatic rings. The molecule has 1 aliphatic carbocycles. The highest BCUT2D eigenvalue weighted by Gasteiger charge is 2.23. The summed E-state index contributed by atoms with van der Waals surface area (Å²) in [6.45, 7) is 3.26. The fourth-order valence-corrected chi connectivity index (χ4v) is 2.46. The van der Waals surface area contributed by atoms with Gasteiger partial charge >= 0.3 is 6.03 Å². The zero-order valence-corrected chi connectivity index (χ0v) is 15.5. The fourth-order valence-electron chi connectivity index (χ4n) is 2.46. The lowest BCUT2D eigenvalue weighted by Gasteiger charge is -2.16. The van der Waals surface area contributed by atoms with Gasteiger partial charge in [-0.1, -0.05) is 25.5 Å². The van der Waals surface area contributed by atoms with Crippen LogP contribution in [0.5, 0.6) is 0 Å². The topological polar surface area (TPSA) is 90.5 Å². The van der Waals surface area contributed by atoms with E-state index in [9.17, 15) is 14.4 Å². The molecule has 7 nitrogen and oxygen atoms in total. The number of hydrogen-bond acceptors (Lipinski definition) is 4. The van der Waals surface area contributed by atoms with Crippen molar-refractivity contribution in [1.82, 2.24) is 20.9 Å². The van der Waals surface area contributed by atoms with Gasteiger partial charge < -0.3 is 10.6 Å². The predicted octanol–water partition coefficient (Wildman–Crippen LogP) is 1.64. The first-order valence-electron chi connectivity index (χ1n) is 9.14. The number of carbonyl (C=O) groups is 3. The number of benzene rings is 1. The first-order valence-corrected chi connectivity index (χ1v) is 9.14. The van der Waals surface area contributed by atoms with Crippen LogP contribution in [-0.2, 0) is 11.3 Å². The van der Waals surface area contributed by atoms with Gasteiger partial charge in [-0.05, 0) is 44.0 Å². The quantitative estimate of drug-likeness (QED) is 0.584.